The van der Waals surface area contributed by atoms with Crippen LogP contribution in [0.2, 0.25) is 0 Å². The average Bonchev–Trinajstić information content (AvgIpc) is 2.40. The van der Waals surface area contributed by atoms with Gasteiger partial charge in [0.2, 0.25) is 0 Å². The molecule has 3 nitrogen and oxygen atoms in total. The molecule has 0 aliphatic carbocycles. The zero-order chi connectivity index (χ0) is 12.8. The first-order valence-corrected chi connectivity index (χ1v) is 7.19. The van der Waals surface area contributed by atoms with Gasteiger partial charge in [-0.05, 0) is 5.56 Å². The van der Waals surface area contributed by atoms with Gasteiger partial charge in [-0.3, -0.25) is 9.69 Å². The van der Waals surface area contributed by atoms with Gasteiger partial charge in [-0.2, -0.15) is 11.8 Å². The number of hydrogen-bond acceptors (Lipinski definition) is 3. The Hall–Kier alpha value is -1.26. The first-order valence-electron chi connectivity index (χ1n) is 6.03. The molecule has 0 aromatic heterocycles. The number of carboxylic acids is 1. The molecule has 0 spiro atoms. The van der Waals surface area contributed by atoms with E-state index in [1.54, 1.807) is 11.8 Å². The fourth-order valence-electron chi connectivity index (χ4n) is 1.97. The van der Waals surface area contributed by atoms with Crippen LogP contribution in [0.4, 0.5) is 0 Å². The molecule has 1 aliphatic heterocycles. The summed E-state index contributed by atoms with van der Waals surface area (Å²) in [5.74, 6) is 0.993. The summed E-state index contributed by atoms with van der Waals surface area (Å²) in [6.07, 6.45) is 4.09. The zero-order valence-electron chi connectivity index (χ0n) is 10.2. The van der Waals surface area contributed by atoms with E-state index in [4.69, 9.17) is 5.11 Å². The fraction of sp³-hybridized carbons (Fsp3) is 0.357. The van der Waals surface area contributed by atoms with Crippen molar-refractivity contribution < 1.29 is 9.90 Å². The summed E-state index contributed by atoms with van der Waals surface area (Å²) in [7, 11) is 0. The van der Waals surface area contributed by atoms with Crippen LogP contribution in [0.1, 0.15) is 5.56 Å². The maximum atomic E-state index is 11.1. The van der Waals surface area contributed by atoms with E-state index in [0.717, 1.165) is 17.9 Å². The molecule has 1 unspecified atom stereocenters. The van der Waals surface area contributed by atoms with Crippen molar-refractivity contribution in [1.29, 1.82) is 0 Å². The highest BCUT2D eigenvalue weighted by Crippen LogP contribution is 2.16. The van der Waals surface area contributed by atoms with Crippen LogP contribution in [0.25, 0.3) is 6.08 Å². The second kappa shape index (κ2) is 6.61. The Balaban J connectivity index is 1.92. The fourth-order valence-corrected chi connectivity index (χ4v) is 3.08. The van der Waals surface area contributed by atoms with Gasteiger partial charge in [0.15, 0.2) is 0 Å². The molecule has 1 aromatic carbocycles. The number of hydrogen-bond donors (Lipinski definition) is 1. The minimum Gasteiger partial charge on any atom is -0.480 e. The summed E-state index contributed by atoms with van der Waals surface area (Å²) >= 11 is 1.72. The Bertz CT molecular complexity index is 419. The normalized spacial score (nSPS) is 21.2. The van der Waals surface area contributed by atoms with Crippen LogP contribution in [0.15, 0.2) is 36.4 Å². The molecule has 0 bridgehead atoms. The van der Waals surface area contributed by atoms with Crippen LogP contribution < -0.4 is 0 Å². The molecule has 1 saturated heterocycles. The van der Waals surface area contributed by atoms with Gasteiger partial charge in [-0.15, -0.1) is 0 Å². The van der Waals surface area contributed by atoms with Gasteiger partial charge in [0.05, 0.1) is 0 Å². The summed E-state index contributed by atoms with van der Waals surface area (Å²) in [6, 6.07) is 9.71. The SMILES string of the molecule is O=C(O)C1CSCCN1C/C=C/c1ccccc1. The van der Waals surface area contributed by atoms with Crippen LogP contribution in [0.3, 0.4) is 0 Å². The number of rotatable bonds is 4. The summed E-state index contributed by atoms with van der Waals surface area (Å²) in [5.41, 5.74) is 1.15. The van der Waals surface area contributed by atoms with Crippen LogP contribution in [0.5, 0.6) is 0 Å². The predicted molar refractivity (Wildman–Crippen MR) is 75.8 cm³/mol. The van der Waals surface area contributed by atoms with Gasteiger partial charge in [-0.1, -0.05) is 42.5 Å². The van der Waals surface area contributed by atoms with E-state index in [-0.39, 0.29) is 6.04 Å². The van der Waals surface area contributed by atoms with Crippen LogP contribution in [-0.2, 0) is 4.79 Å². The predicted octanol–water partition coefficient (Wildman–Crippen LogP) is 2.20. The third-order valence-electron chi connectivity index (χ3n) is 2.97. The molecule has 1 aliphatic rings. The molecular weight excluding hydrogens is 246 g/mol. The number of nitrogens with zero attached hydrogens (tertiary/aromatic N) is 1. The quantitative estimate of drug-likeness (QED) is 0.904. The summed E-state index contributed by atoms with van der Waals surface area (Å²) < 4.78 is 0. The van der Waals surface area contributed by atoms with Crippen molar-refractivity contribution in [1.82, 2.24) is 4.90 Å². The molecule has 0 amide bonds. The number of carboxylic acid groups (broad SMARTS) is 1. The van der Waals surface area contributed by atoms with Crippen LogP contribution in [-0.4, -0.2) is 46.6 Å². The summed E-state index contributed by atoms with van der Waals surface area (Å²) in [4.78, 5) is 13.1. The Morgan fingerprint density at radius 1 is 1.44 bits per heavy atom. The zero-order valence-corrected chi connectivity index (χ0v) is 11.0. The Kier molecular flexibility index (Phi) is 4.84. The van der Waals surface area contributed by atoms with Gasteiger partial charge in [-0.25, -0.2) is 0 Å². The number of aliphatic carboxylic acids is 1. The van der Waals surface area contributed by atoms with Crippen molar-refractivity contribution in [3.05, 3.63) is 42.0 Å². The highest BCUT2D eigenvalue weighted by Gasteiger charge is 2.27. The lowest BCUT2D eigenvalue weighted by molar-refractivity contribution is -0.142. The number of benzene rings is 1. The third-order valence-corrected chi connectivity index (χ3v) is 4.00. The minimum absolute atomic E-state index is 0.343. The van der Waals surface area contributed by atoms with Crippen molar-refractivity contribution in [3.63, 3.8) is 0 Å². The van der Waals surface area contributed by atoms with Gasteiger partial charge < -0.3 is 5.11 Å². The molecule has 1 aromatic rings. The molecule has 1 fully saturated rings. The second-order valence-electron chi connectivity index (χ2n) is 4.24. The maximum absolute atomic E-state index is 11.1. The first-order chi connectivity index (χ1) is 8.77. The maximum Gasteiger partial charge on any atom is 0.321 e. The average molecular weight is 263 g/mol. The van der Waals surface area contributed by atoms with Crippen molar-refractivity contribution in [2.45, 2.75) is 6.04 Å². The molecular formula is C14H17NO2S. The van der Waals surface area contributed by atoms with E-state index in [9.17, 15) is 4.79 Å². The highest BCUT2D eigenvalue weighted by atomic mass is 32.2. The Morgan fingerprint density at radius 3 is 2.94 bits per heavy atom. The third kappa shape index (κ3) is 3.62. The van der Waals surface area contributed by atoms with E-state index >= 15 is 0 Å². The van der Waals surface area contributed by atoms with Gasteiger partial charge in [0, 0.05) is 24.6 Å². The topological polar surface area (TPSA) is 40.5 Å². The standard InChI is InChI=1S/C14H17NO2S/c16-14(17)13-11-18-10-9-15(13)8-4-7-12-5-2-1-3-6-12/h1-7,13H,8-11H2,(H,16,17)/b7-4+. The lowest BCUT2D eigenvalue weighted by Crippen LogP contribution is -2.47. The first kappa shape index (κ1) is 13.2. The molecule has 0 saturated carbocycles. The molecule has 1 N–H and O–H groups in total. The highest BCUT2D eigenvalue weighted by molar-refractivity contribution is 7.99. The largest absolute Gasteiger partial charge is 0.480 e. The second-order valence-corrected chi connectivity index (χ2v) is 5.39. The summed E-state index contributed by atoms with van der Waals surface area (Å²) in [5, 5.41) is 9.15. The molecule has 96 valence electrons. The van der Waals surface area contributed by atoms with E-state index < -0.39 is 5.97 Å². The number of thioether (sulfide) groups is 1. The molecule has 1 heterocycles. The van der Waals surface area contributed by atoms with Gasteiger partial charge in [0.25, 0.3) is 0 Å². The minimum atomic E-state index is -0.713. The smallest absolute Gasteiger partial charge is 0.321 e. The Morgan fingerprint density at radius 2 is 2.22 bits per heavy atom. The lowest BCUT2D eigenvalue weighted by atomic mass is 10.2. The Labute approximate surface area is 111 Å². The molecule has 1 atom stereocenters. The molecule has 2 rings (SSSR count). The van der Waals surface area contributed by atoms with Crippen LogP contribution >= 0.6 is 11.8 Å². The van der Waals surface area contributed by atoms with E-state index in [2.05, 4.69) is 0 Å². The lowest BCUT2D eigenvalue weighted by Gasteiger charge is -2.31. The van der Waals surface area contributed by atoms with Crippen molar-refractivity contribution in [3.8, 4) is 0 Å². The van der Waals surface area contributed by atoms with E-state index in [0.29, 0.717) is 12.3 Å². The van der Waals surface area contributed by atoms with E-state index in [1.807, 2.05) is 47.4 Å². The van der Waals surface area contributed by atoms with Crippen molar-refractivity contribution >= 4 is 23.8 Å². The van der Waals surface area contributed by atoms with Crippen LogP contribution in [0, 0.1) is 0 Å². The molecule has 4 heteroatoms. The van der Waals surface area contributed by atoms with Gasteiger partial charge >= 0.3 is 5.97 Å². The molecule has 0 radical (unpaired) electrons. The number of carbonyl (C=O) groups is 1. The monoisotopic (exact) mass is 263 g/mol. The van der Waals surface area contributed by atoms with Crippen molar-refractivity contribution in [2.75, 3.05) is 24.6 Å². The molecule has 18 heavy (non-hydrogen) atoms. The summed E-state index contributed by atoms with van der Waals surface area (Å²) in [6.45, 7) is 1.55. The van der Waals surface area contributed by atoms with E-state index in [1.165, 1.54) is 0 Å². The van der Waals surface area contributed by atoms with Crippen molar-refractivity contribution in [2.24, 2.45) is 0 Å². The van der Waals surface area contributed by atoms with Gasteiger partial charge in [0.1, 0.15) is 6.04 Å².